The maximum atomic E-state index is 5.76. The molecule has 0 aromatic carbocycles. The van der Waals surface area contributed by atoms with Crippen LogP contribution in [0.1, 0.15) is 46.0 Å². The summed E-state index contributed by atoms with van der Waals surface area (Å²) in [6.07, 6.45) is 6.99. The highest BCUT2D eigenvalue weighted by atomic mass is 15.1. The molecule has 2 unspecified atom stereocenters. The Kier molecular flexibility index (Phi) is 4.87. The van der Waals surface area contributed by atoms with Gasteiger partial charge in [0.05, 0.1) is 0 Å². The zero-order valence-electron chi connectivity index (χ0n) is 11.7. The molecule has 2 aliphatic rings. The lowest BCUT2D eigenvalue weighted by atomic mass is 9.81. The van der Waals surface area contributed by atoms with Gasteiger partial charge in [0, 0.05) is 13.1 Å². The second-order valence-corrected chi connectivity index (χ2v) is 6.63. The SMILES string of the molecule is CC1CCN(CC2CCC(CN)CC2)CC1C. The van der Waals surface area contributed by atoms with E-state index in [0.29, 0.717) is 0 Å². The Morgan fingerprint density at radius 2 is 1.59 bits per heavy atom. The van der Waals surface area contributed by atoms with E-state index in [0.717, 1.165) is 30.2 Å². The standard InChI is InChI=1S/C15H30N2/c1-12-7-8-17(10-13(12)2)11-15-5-3-14(9-16)4-6-15/h12-15H,3-11,16H2,1-2H3. The molecule has 17 heavy (non-hydrogen) atoms. The largest absolute Gasteiger partial charge is 0.330 e. The van der Waals surface area contributed by atoms with Crippen molar-refractivity contribution in [2.75, 3.05) is 26.2 Å². The molecule has 1 aliphatic heterocycles. The average molecular weight is 238 g/mol. The van der Waals surface area contributed by atoms with Crippen LogP contribution in [0.4, 0.5) is 0 Å². The van der Waals surface area contributed by atoms with Gasteiger partial charge in [0.15, 0.2) is 0 Å². The van der Waals surface area contributed by atoms with E-state index in [1.54, 1.807) is 0 Å². The molecule has 2 fully saturated rings. The van der Waals surface area contributed by atoms with Gasteiger partial charge in [0.2, 0.25) is 0 Å². The van der Waals surface area contributed by atoms with Crippen molar-refractivity contribution in [3.05, 3.63) is 0 Å². The first kappa shape index (κ1) is 13.4. The number of piperidine rings is 1. The predicted molar refractivity (Wildman–Crippen MR) is 73.9 cm³/mol. The zero-order chi connectivity index (χ0) is 12.3. The van der Waals surface area contributed by atoms with Crippen molar-refractivity contribution >= 4 is 0 Å². The third kappa shape index (κ3) is 3.69. The quantitative estimate of drug-likeness (QED) is 0.819. The summed E-state index contributed by atoms with van der Waals surface area (Å²) in [5.74, 6) is 3.60. The molecule has 1 heterocycles. The van der Waals surface area contributed by atoms with E-state index in [1.807, 2.05) is 0 Å². The van der Waals surface area contributed by atoms with E-state index >= 15 is 0 Å². The fourth-order valence-electron chi connectivity index (χ4n) is 3.53. The molecule has 0 radical (unpaired) electrons. The van der Waals surface area contributed by atoms with E-state index in [4.69, 9.17) is 5.73 Å². The minimum absolute atomic E-state index is 0.826. The van der Waals surface area contributed by atoms with Gasteiger partial charge in [-0.25, -0.2) is 0 Å². The van der Waals surface area contributed by atoms with Crippen molar-refractivity contribution in [1.82, 2.24) is 4.90 Å². The number of nitrogens with zero attached hydrogens (tertiary/aromatic N) is 1. The number of rotatable bonds is 3. The van der Waals surface area contributed by atoms with Crippen LogP contribution < -0.4 is 5.73 Å². The Morgan fingerprint density at radius 1 is 0.941 bits per heavy atom. The van der Waals surface area contributed by atoms with Gasteiger partial charge in [-0.05, 0) is 68.9 Å². The Morgan fingerprint density at radius 3 is 2.18 bits per heavy atom. The molecule has 0 bridgehead atoms. The lowest BCUT2D eigenvalue weighted by Gasteiger charge is -2.38. The van der Waals surface area contributed by atoms with Gasteiger partial charge in [-0.15, -0.1) is 0 Å². The van der Waals surface area contributed by atoms with Gasteiger partial charge >= 0.3 is 0 Å². The van der Waals surface area contributed by atoms with Gasteiger partial charge in [-0.3, -0.25) is 0 Å². The Bertz CT molecular complexity index is 221. The van der Waals surface area contributed by atoms with Crippen LogP contribution in [-0.2, 0) is 0 Å². The third-order valence-corrected chi connectivity index (χ3v) is 5.23. The molecule has 2 atom stereocenters. The summed E-state index contributed by atoms with van der Waals surface area (Å²) >= 11 is 0. The average Bonchev–Trinajstić information content (AvgIpc) is 2.35. The summed E-state index contributed by atoms with van der Waals surface area (Å²) in [6, 6.07) is 0. The lowest BCUT2D eigenvalue weighted by molar-refractivity contribution is 0.106. The van der Waals surface area contributed by atoms with Crippen molar-refractivity contribution in [1.29, 1.82) is 0 Å². The molecule has 1 aliphatic carbocycles. The molecule has 2 nitrogen and oxygen atoms in total. The summed E-state index contributed by atoms with van der Waals surface area (Å²) in [6.45, 7) is 9.76. The molecule has 2 rings (SSSR count). The van der Waals surface area contributed by atoms with Crippen LogP contribution in [0.2, 0.25) is 0 Å². The molecule has 100 valence electrons. The topological polar surface area (TPSA) is 29.3 Å². The van der Waals surface area contributed by atoms with Crippen molar-refractivity contribution in [2.24, 2.45) is 29.4 Å². The number of likely N-dealkylation sites (tertiary alicyclic amines) is 1. The highest BCUT2D eigenvalue weighted by Gasteiger charge is 2.26. The molecule has 2 N–H and O–H groups in total. The highest BCUT2D eigenvalue weighted by Crippen LogP contribution is 2.30. The van der Waals surface area contributed by atoms with Crippen LogP contribution in [0.15, 0.2) is 0 Å². The van der Waals surface area contributed by atoms with E-state index < -0.39 is 0 Å². The van der Waals surface area contributed by atoms with Gasteiger partial charge in [0.25, 0.3) is 0 Å². The second kappa shape index (κ2) is 6.19. The van der Waals surface area contributed by atoms with Gasteiger partial charge in [-0.1, -0.05) is 13.8 Å². The first-order chi connectivity index (χ1) is 8.19. The van der Waals surface area contributed by atoms with Crippen LogP contribution in [0, 0.1) is 23.7 Å². The van der Waals surface area contributed by atoms with E-state index in [2.05, 4.69) is 18.7 Å². The zero-order valence-corrected chi connectivity index (χ0v) is 11.7. The van der Waals surface area contributed by atoms with Gasteiger partial charge < -0.3 is 10.6 Å². The molecular weight excluding hydrogens is 208 g/mol. The van der Waals surface area contributed by atoms with Crippen molar-refractivity contribution in [2.45, 2.75) is 46.0 Å². The summed E-state index contributed by atoms with van der Waals surface area (Å²) in [7, 11) is 0. The van der Waals surface area contributed by atoms with E-state index in [-0.39, 0.29) is 0 Å². The van der Waals surface area contributed by atoms with Crippen LogP contribution in [0.3, 0.4) is 0 Å². The molecule has 2 heteroatoms. The second-order valence-electron chi connectivity index (χ2n) is 6.63. The van der Waals surface area contributed by atoms with Crippen LogP contribution in [-0.4, -0.2) is 31.1 Å². The van der Waals surface area contributed by atoms with Crippen LogP contribution in [0.5, 0.6) is 0 Å². The first-order valence-electron chi connectivity index (χ1n) is 7.61. The number of hydrogen-bond acceptors (Lipinski definition) is 2. The number of hydrogen-bond donors (Lipinski definition) is 1. The fourth-order valence-corrected chi connectivity index (χ4v) is 3.53. The van der Waals surface area contributed by atoms with Crippen LogP contribution in [0.25, 0.3) is 0 Å². The number of nitrogens with two attached hydrogens (primary N) is 1. The summed E-state index contributed by atoms with van der Waals surface area (Å²) < 4.78 is 0. The third-order valence-electron chi connectivity index (χ3n) is 5.23. The molecular formula is C15H30N2. The van der Waals surface area contributed by atoms with Crippen molar-refractivity contribution in [3.63, 3.8) is 0 Å². The van der Waals surface area contributed by atoms with E-state index in [1.165, 1.54) is 51.7 Å². The molecule has 0 aromatic heterocycles. The van der Waals surface area contributed by atoms with Crippen molar-refractivity contribution in [3.8, 4) is 0 Å². The molecule has 1 saturated heterocycles. The normalized spacial score (nSPS) is 40.4. The summed E-state index contributed by atoms with van der Waals surface area (Å²) in [4.78, 5) is 2.72. The monoisotopic (exact) mass is 238 g/mol. The minimum Gasteiger partial charge on any atom is -0.330 e. The molecule has 0 spiro atoms. The van der Waals surface area contributed by atoms with Crippen LogP contribution >= 0.6 is 0 Å². The molecule has 0 aromatic rings. The maximum absolute atomic E-state index is 5.76. The minimum atomic E-state index is 0.826. The lowest BCUT2D eigenvalue weighted by Crippen LogP contribution is -2.41. The van der Waals surface area contributed by atoms with Gasteiger partial charge in [-0.2, -0.15) is 0 Å². The highest BCUT2D eigenvalue weighted by molar-refractivity contribution is 4.80. The molecule has 0 amide bonds. The first-order valence-corrected chi connectivity index (χ1v) is 7.61. The Hall–Kier alpha value is -0.0800. The fraction of sp³-hybridized carbons (Fsp3) is 1.00. The van der Waals surface area contributed by atoms with E-state index in [9.17, 15) is 0 Å². The van der Waals surface area contributed by atoms with Gasteiger partial charge in [0.1, 0.15) is 0 Å². The maximum Gasteiger partial charge on any atom is 0.000978 e. The Labute approximate surface area is 107 Å². The Balaban J connectivity index is 1.71. The summed E-state index contributed by atoms with van der Waals surface area (Å²) in [5, 5.41) is 0. The molecule has 1 saturated carbocycles. The predicted octanol–water partition coefficient (Wildman–Crippen LogP) is 2.73. The smallest absolute Gasteiger partial charge is 0.000978 e. The van der Waals surface area contributed by atoms with Crippen molar-refractivity contribution < 1.29 is 0 Å². The summed E-state index contributed by atoms with van der Waals surface area (Å²) in [5.41, 5.74) is 5.76.